The Morgan fingerprint density at radius 1 is 1.48 bits per heavy atom. The monoisotopic (exact) mass is 326 g/mol. The molecule has 0 bridgehead atoms. The van der Waals surface area contributed by atoms with E-state index in [0.29, 0.717) is 16.2 Å². The number of nitriles is 1. The minimum Gasteiger partial charge on any atom is -0.464 e. The summed E-state index contributed by atoms with van der Waals surface area (Å²) in [6.45, 7) is 0. The van der Waals surface area contributed by atoms with Crippen LogP contribution >= 0.6 is 11.6 Å². The second kappa shape index (κ2) is 5.63. The first-order chi connectivity index (χ1) is 11.1. The van der Waals surface area contributed by atoms with E-state index in [1.54, 1.807) is 24.4 Å². The summed E-state index contributed by atoms with van der Waals surface area (Å²) in [7, 11) is 1.25. The second-order valence-electron chi connectivity index (χ2n) is 4.78. The Labute approximate surface area is 136 Å². The van der Waals surface area contributed by atoms with Gasteiger partial charge in [0.2, 0.25) is 0 Å². The molecule has 23 heavy (non-hydrogen) atoms. The summed E-state index contributed by atoms with van der Waals surface area (Å²) in [6.07, 6.45) is 3.13. The smallest absolute Gasteiger partial charge is 0.357 e. The lowest BCUT2D eigenvalue weighted by atomic mass is 10.2. The van der Waals surface area contributed by atoms with Crippen LogP contribution in [0, 0.1) is 11.3 Å². The minimum atomic E-state index is -0.633. The number of esters is 1. The molecule has 2 heterocycles. The Morgan fingerprint density at radius 2 is 2.26 bits per heavy atom. The maximum Gasteiger partial charge on any atom is 0.357 e. The molecule has 0 unspecified atom stereocenters. The number of hydrogen-bond acceptors (Lipinski definition) is 5. The highest BCUT2D eigenvalue weighted by atomic mass is 35.5. The van der Waals surface area contributed by atoms with Crippen molar-refractivity contribution in [3.05, 3.63) is 52.9 Å². The second-order valence-corrected chi connectivity index (χ2v) is 5.19. The number of benzene rings is 1. The number of anilines is 1. The summed E-state index contributed by atoms with van der Waals surface area (Å²) in [5, 5.41) is 10.4. The van der Waals surface area contributed by atoms with Gasteiger partial charge in [-0.3, -0.25) is 4.98 Å². The van der Waals surface area contributed by atoms with Crippen molar-refractivity contribution in [3.63, 3.8) is 0 Å². The van der Waals surface area contributed by atoms with Crippen molar-refractivity contribution >= 4 is 34.2 Å². The van der Waals surface area contributed by atoms with Gasteiger partial charge >= 0.3 is 5.97 Å². The molecule has 2 N–H and O–H groups in total. The summed E-state index contributed by atoms with van der Waals surface area (Å²) in [5.74, 6) is -0.633. The number of pyridine rings is 1. The van der Waals surface area contributed by atoms with Gasteiger partial charge in [-0.15, -0.1) is 0 Å². The van der Waals surface area contributed by atoms with E-state index >= 15 is 0 Å². The standard InChI is InChI=1S/C16H11ClN4O2/c1-23-16(22)15-13(19)10(7-18)8-21(15)11-5-9-3-2-4-20-14(9)12(17)6-11/h2-6,8H,19H2,1H3. The van der Waals surface area contributed by atoms with Crippen LogP contribution in [0.5, 0.6) is 0 Å². The summed E-state index contributed by atoms with van der Waals surface area (Å²) in [4.78, 5) is 16.2. The van der Waals surface area contributed by atoms with Crippen molar-refractivity contribution in [2.75, 3.05) is 12.8 Å². The molecule has 0 aliphatic rings. The Kier molecular flexibility index (Phi) is 3.64. The first-order valence-corrected chi connectivity index (χ1v) is 6.98. The molecular formula is C16H11ClN4O2. The molecule has 0 amide bonds. The Morgan fingerprint density at radius 3 is 2.96 bits per heavy atom. The van der Waals surface area contributed by atoms with E-state index in [-0.39, 0.29) is 16.9 Å². The lowest BCUT2D eigenvalue weighted by molar-refractivity contribution is 0.0593. The van der Waals surface area contributed by atoms with E-state index in [1.165, 1.54) is 17.9 Å². The SMILES string of the molecule is COC(=O)c1c(N)c(C#N)cn1-c1cc(Cl)c2ncccc2c1. The number of hydrogen-bond donors (Lipinski definition) is 1. The van der Waals surface area contributed by atoms with Crippen molar-refractivity contribution in [2.45, 2.75) is 0 Å². The summed E-state index contributed by atoms with van der Waals surface area (Å²) >= 11 is 6.27. The van der Waals surface area contributed by atoms with Crippen LogP contribution in [0.15, 0.2) is 36.7 Å². The molecule has 3 rings (SSSR count). The first-order valence-electron chi connectivity index (χ1n) is 6.60. The van der Waals surface area contributed by atoms with Crippen LogP contribution in [0.25, 0.3) is 16.6 Å². The zero-order chi connectivity index (χ0) is 16.6. The average Bonchev–Trinajstić information content (AvgIpc) is 2.90. The Balaban J connectivity index is 2.31. The quantitative estimate of drug-likeness (QED) is 0.731. The molecule has 6 nitrogen and oxygen atoms in total. The number of ether oxygens (including phenoxy) is 1. The van der Waals surface area contributed by atoms with Crippen molar-refractivity contribution in [2.24, 2.45) is 0 Å². The van der Waals surface area contributed by atoms with Crippen LogP contribution in [0.1, 0.15) is 16.1 Å². The third-order valence-corrected chi connectivity index (χ3v) is 3.75. The molecular weight excluding hydrogens is 316 g/mol. The Hall–Kier alpha value is -3.04. The maximum atomic E-state index is 12.0. The Bertz CT molecular complexity index is 972. The number of aromatic nitrogens is 2. The van der Waals surface area contributed by atoms with Crippen LogP contribution in [0.2, 0.25) is 5.02 Å². The van der Waals surface area contributed by atoms with Crippen LogP contribution in [-0.2, 0) is 4.74 Å². The molecule has 0 saturated heterocycles. The van der Waals surface area contributed by atoms with Gasteiger partial charge in [-0.25, -0.2) is 4.79 Å². The van der Waals surface area contributed by atoms with Gasteiger partial charge < -0.3 is 15.0 Å². The highest BCUT2D eigenvalue weighted by molar-refractivity contribution is 6.35. The van der Waals surface area contributed by atoms with Crippen molar-refractivity contribution in [3.8, 4) is 11.8 Å². The molecule has 0 radical (unpaired) electrons. The van der Waals surface area contributed by atoms with Gasteiger partial charge in [0.05, 0.1) is 28.9 Å². The van der Waals surface area contributed by atoms with Crippen LogP contribution in [0.3, 0.4) is 0 Å². The van der Waals surface area contributed by atoms with Gasteiger partial charge in [0.1, 0.15) is 6.07 Å². The summed E-state index contributed by atoms with van der Waals surface area (Å²) in [6, 6.07) is 9.06. The van der Waals surface area contributed by atoms with Gasteiger partial charge in [0, 0.05) is 23.5 Å². The molecule has 0 spiro atoms. The number of carbonyl (C=O) groups is 1. The zero-order valence-corrected chi connectivity index (χ0v) is 12.8. The number of nitrogens with two attached hydrogens (primary N) is 1. The fourth-order valence-corrected chi connectivity index (χ4v) is 2.66. The number of methoxy groups -OCH3 is 1. The molecule has 3 aromatic rings. The van der Waals surface area contributed by atoms with Crippen LogP contribution in [-0.4, -0.2) is 22.6 Å². The molecule has 0 aliphatic carbocycles. The summed E-state index contributed by atoms with van der Waals surface area (Å²) < 4.78 is 6.26. The number of nitrogen functional groups attached to an aromatic ring is 1. The molecule has 7 heteroatoms. The van der Waals surface area contributed by atoms with Gasteiger partial charge in [-0.1, -0.05) is 17.7 Å². The zero-order valence-electron chi connectivity index (χ0n) is 12.1. The van der Waals surface area contributed by atoms with E-state index < -0.39 is 5.97 Å². The lowest BCUT2D eigenvalue weighted by Crippen LogP contribution is -2.11. The molecule has 114 valence electrons. The van der Waals surface area contributed by atoms with Crippen molar-refractivity contribution in [1.82, 2.24) is 9.55 Å². The molecule has 2 aromatic heterocycles. The molecule has 1 aromatic carbocycles. The first kappa shape index (κ1) is 14.9. The van der Waals surface area contributed by atoms with Gasteiger partial charge in [-0.2, -0.15) is 5.26 Å². The average molecular weight is 327 g/mol. The van der Waals surface area contributed by atoms with Gasteiger partial charge in [0.25, 0.3) is 0 Å². The van der Waals surface area contributed by atoms with Crippen molar-refractivity contribution in [1.29, 1.82) is 5.26 Å². The number of rotatable bonds is 2. The third kappa shape index (κ3) is 2.37. The minimum absolute atomic E-state index is 0.0711. The highest BCUT2D eigenvalue weighted by Gasteiger charge is 2.22. The number of carbonyl (C=O) groups excluding carboxylic acids is 1. The van der Waals surface area contributed by atoms with Crippen LogP contribution in [0.4, 0.5) is 5.69 Å². The number of fused-ring (bicyclic) bond motifs is 1. The number of halogens is 1. The maximum absolute atomic E-state index is 12.0. The van der Waals surface area contributed by atoms with E-state index in [0.717, 1.165) is 5.39 Å². The lowest BCUT2D eigenvalue weighted by Gasteiger charge is -2.10. The molecule has 0 aliphatic heterocycles. The topological polar surface area (TPSA) is 93.9 Å². The van der Waals surface area contributed by atoms with E-state index in [2.05, 4.69) is 4.98 Å². The molecule has 0 saturated carbocycles. The highest BCUT2D eigenvalue weighted by Crippen LogP contribution is 2.29. The predicted molar refractivity (Wildman–Crippen MR) is 86.5 cm³/mol. The van der Waals surface area contributed by atoms with E-state index in [4.69, 9.17) is 27.3 Å². The predicted octanol–water partition coefficient (Wildman–Crippen LogP) is 2.92. The summed E-state index contributed by atoms with van der Waals surface area (Å²) in [5.41, 5.74) is 7.47. The van der Waals surface area contributed by atoms with Crippen LogP contribution < -0.4 is 5.73 Å². The molecule has 0 atom stereocenters. The molecule has 0 fully saturated rings. The fourth-order valence-electron chi connectivity index (χ4n) is 2.39. The third-order valence-electron chi connectivity index (χ3n) is 3.46. The largest absolute Gasteiger partial charge is 0.464 e. The van der Waals surface area contributed by atoms with E-state index in [9.17, 15) is 4.79 Å². The van der Waals surface area contributed by atoms with Gasteiger partial charge in [-0.05, 0) is 18.2 Å². The number of nitrogens with zero attached hydrogens (tertiary/aromatic N) is 3. The van der Waals surface area contributed by atoms with Gasteiger partial charge in [0.15, 0.2) is 5.69 Å². The fraction of sp³-hybridized carbons (Fsp3) is 0.0625. The van der Waals surface area contributed by atoms with Crippen molar-refractivity contribution < 1.29 is 9.53 Å². The normalized spacial score (nSPS) is 10.5. The van der Waals surface area contributed by atoms with E-state index in [1.807, 2.05) is 12.1 Å².